The number of benzene rings is 1. The summed E-state index contributed by atoms with van der Waals surface area (Å²) in [4.78, 5) is 38.6. The van der Waals surface area contributed by atoms with Gasteiger partial charge in [0.2, 0.25) is 0 Å². The topological polar surface area (TPSA) is 59.1 Å². The zero-order valence-corrected chi connectivity index (χ0v) is 20.6. The monoisotopic (exact) mass is 462 g/mol. The molecule has 0 aromatic heterocycles. The van der Waals surface area contributed by atoms with Gasteiger partial charge in [-0.2, -0.15) is 5.06 Å². The number of amides is 1. The molecular formula is C25H35ClN2O4. The maximum atomic E-state index is 13.7. The quantitative estimate of drug-likeness (QED) is 0.411. The number of hydroxylamine groups is 4. The van der Waals surface area contributed by atoms with Crippen LogP contribution in [-0.4, -0.2) is 54.2 Å². The standard InChI is InChI=1S/C25H35ClN2O4/c1-16(2)7-8-17(3)15-32-27-11-9-25(10-12-27)23(29)22(24(30)28(25)31-6)21-18(4)13-20(26)14-19(21)5/h13-14,17,22H,1,7-12,15H2,2-6H3. The molecule has 2 heterocycles. The van der Waals surface area contributed by atoms with E-state index in [-0.39, 0.29) is 11.7 Å². The van der Waals surface area contributed by atoms with Crippen molar-refractivity contribution in [1.82, 2.24) is 10.1 Å². The van der Waals surface area contributed by atoms with Crippen LogP contribution in [0.1, 0.15) is 62.1 Å². The van der Waals surface area contributed by atoms with Crippen LogP contribution in [0.3, 0.4) is 0 Å². The molecule has 3 rings (SSSR count). The molecule has 0 aliphatic carbocycles. The molecule has 2 aliphatic heterocycles. The van der Waals surface area contributed by atoms with Crippen LogP contribution in [0.2, 0.25) is 5.02 Å². The number of piperidine rings is 1. The Morgan fingerprint density at radius 2 is 1.84 bits per heavy atom. The number of hydrogen-bond donors (Lipinski definition) is 0. The molecule has 176 valence electrons. The Balaban J connectivity index is 1.72. The maximum absolute atomic E-state index is 13.7. The van der Waals surface area contributed by atoms with Crippen LogP contribution in [0.5, 0.6) is 0 Å². The van der Waals surface area contributed by atoms with E-state index in [1.807, 2.05) is 25.8 Å². The molecule has 0 radical (unpaired) electrons. The minimum Gasteiger partial charge on any atom is -0.299 e. The van der Waals surface area contributed by atoms with E-state index < -0.39 is 11.5 Å². The number of hydrogen-bond acceptors (Lipinski definition) is 5. The van der Waals surface area contributed by atoms with Crippen LogP contribution in [0.25, 0.3) is 0 Å². The highest BCUT2D eigenvalue weighted by molar-refractivity contribution is 6.30. The van der Waals surface area contributed by atoms with Crippen LogP contribution >= 0.6 is 11.6 Å². The Kier molecular flexibility index (Phi) is 7.81. The fourth-order valence-electron chi connectivity index (χ4n) is 4.95. The Hall–Kier alpha value is -1.73. The molecule has 0 bridgehead atoms. The summed E-state index contributed by atoms with van der Waals surface area (Å²) in [5, 5.41) is 3.84. The maximum Gasteiger partial charge on any atom is 0.262 e. The number of aryl methyl sites for hydroxylation is 2. The molecule has 2 saturated heterocycles. The lowest BCUT2D eigenvalue weighted by Crippen LogP contribution is -2.56. The van der Waals surface area contributed by atoms with Crippen LogP contribution in [0.4, 0.5) is 0 Å². The Morgan fingerprint density at radius 1 is 1.25 bits per heavy atom. The van der Waals surface area contributed by atoms with Gasteiger partial charge in [-0.1, -0.05) is 24.1 Å². The highest BCUT2D eigenvalue weighted by Crippen LogP contribution is 2.45. The summed E-state index contributed by atoms with van der Waals surface area (Å²) in [7, 11) is 1.46. The summed E-state index contributed by atoms with van der Waals surface area (Å²) in [6.07, 6.45) is 3.00. The van der Waals surface area contributed by atoms with Crippen LogP contribution in [0.15, 0.2) is 24.3 Å². The highest BCUT2D eigenvalue weighted by atomic mass is 35.5. The van der Waals surface area contributed by atoms with Gasteiger partial charge in [0.25, 0.3) is 5.91 Å². The molecule has 1 amide bonds. The third-order valence-corrected chi connectivity index (χ3v) is 6.96. The second-order valence-corrected chi connectivity index (χ2v) is 9.86. The van der Waals surface area contributed by atoms with Crippen LogP contribution < -0.4 is 0 Å². The van der Waals surface area contributed by atoms with Crippen molar-refractivity contribution in [1.29, 1.82) is 0 Å². The molecule has 0 N–H and O–H groups in total. The van der Waals surface area contributed by atoms with Crippen molar-refractivity contribution < 1.29 is 19.3 Å². The minimum absolute atomic E-state index is 0.0904. The summed E-state index contributed by atoms with van der Waals surface area (Å²) < 4.78 is 0. The average Bonchev–Trinajstić information content (AvgIpc) is 2.92. The number of carbonyl (C=O) groups is 2. The molecule has 2 unspecified atom stereocenters. The van der Waals surface area contributed by atoms with Gasteiger partial charge in [-0.15, -0.1) is 6.58 Å². The molecule has 7 heteroatoms. The molecule has 2 atom stereocenters. The van der Waals surface area contributed by atoms with E-state index >= 15 is 0 Å². The van der Waals surface area contributed by atoms with E-state index in [0.717, 1.165) is 29.5 Å². The fourth-order valence-corrected chi connectivity index (χ4v) is 5.28. The van der Waals surface area contributed by atoms with Crippen molar-refractivity contribution in [3.05, 3.63) is 46.0 Å². The Bertz CT molecular complexity index is 869. The molecule has 2 aliphatic rings. The first kappa shape index (κ1) is 24.9. The van der Waals surface area contributed by atoms with E-state index in [0.29, 0.717) is 43.5 Å². The highest BCUT2D eigenvalue weighted by Gasteiger charge is 2.60. The lowest BCUT2D eigenvalue weighted by molar-refractivity contribution is -0.228. The van der Waals surface area contributed by atoms with Gasteiger partial charge in [0, 0.05) is 18.1 Å². The van der Waals surface area contributed by atoms with Crippen molar-refractivity contribution >= 4 is 23.3 Å². The molecule has 1 spiro atoms. The molecule has 1 aromatic carbocycles. The van der Waals surface area contributed by atoms with Gasteiger partial charge in [0.15, 0.2) is 5.78 Å². The van der Waals surface area contributed by atoms with Gasteiger partial charge in [0.1, 0.15) is 11.5 Å². The molecule has 32 heavy (non-hydrogen) atoms. The van der Waals surface area contributed by atoms with E-state index in [4.69, 9.17) is 21.3 Å². The Morgan fingerprint density at radius 3 is 2.38 bits per heavy atom. The second-order valence-electron chi connectivity index (χ2n) is 9.42. The predicted octanol–water partition coefficient (Wildman–Crippen LogP) is 4.77. The molecular weight excluding hydrogens is 428 g/mol. The summed E-state index contributed by atoms with van der Waals surface area (Å²) in [6, 6.07) is 3.61. The summed E-state index contributed by atoms with van der Waals surface area (Å²) in [6.45, 7) is 13.7. The second kappa shape index (κ2) is 10.0. The molecule has 0 saturated carbocycles. The average molecular weight is 463 g/mol. The zero-order chi connectivity index (χ0) is 23.6. The smallest absolute Gasteiger partial charge is 0.262 e. The van der Waals surface area contributed by atoms with Crippen molar-refractivity contribution in [2.75, 3.05) is 26.8 Å². The third-order valence-electron chi connectivity index (χ3n) is 6.74. The molecule has 2 fully saturated rings. The first-order chi connectivity index (χ1) is 15.1. The summed E-state index contributed by atoms with van der Waals surface area (Å²) in [5.74, 6) is -0.823. The largest absolute Gasteiger partial charge is 0.299 e. The molecule has 1 aromatic rings. The number of allylic oxidation sites excluding steroid dienone is 1. The SMILES string of the molecule is C=C(C)CCC(C)CON1CCC2(CC1)C(=O)C(c1c(C)cc(Cl)cc1C)C(=O)N2OC. The van der Waals surface area contributed by atoms with E-state index in [2.05, 4.69) is 13.5 Å². The van der Waals surface area contributed by atoms with Gasteiger partial charge in [-0.25, -0.2) is 5.06 Å². The van der Waals surface area contributed by atoms with E-state index in [1.165, 1.54) is 17.7 Å². The Labute approximate surface area is 196 Å². The van der Waals surface area contributed by atoms with Crippen LogP contribution in [-0.2, 0) is 19.3 Å². The molecule has 6 nitrogen and oxygen atoms in total. The van der Waals surface area contributed by atoms with E-state index in [1.54, 1.807) is 12.1 Å². The predicted molar refractivity (Wildman–Crippen MR) is 125 cm³/mol. The number of Topliss-reactive ketones (excluding diaryl/α,β-unsaturated/α-hetero) is 1. The first-order valence-electron chi connectivity index (χ1n) is 11.3. The van der Waals surface area contributed by atoms with Crippen LogP contribution in [0, 0.1) is 19.8 Å². The zero-order valence-electron chi connectivity index (χ0n) is 19.9. The lowest BCUT2D eigenvalue weighted by Gasteiger charge is -2.41. The number of carbonyl (C=O) groups excluding carboxylic acids is 2. The minimum atomic E-state index is -0.958. The normalized spacial score (nSPS) is 22.1. The van der Waals surface area contributed by atoms with Crippen molar-refractivity contribution in [2.45, 2.75) is 64.8 Å². The van der Waals surface area contributed by atoms with Gasteiger partial charge < -0.3 is 0 Å². The van der Waals surface area contributed by atoms with Gasteiger partial charge >= 0.3 is 0 Å². The van der Waals surface area contributed by atoms with Crippen molar-refractivity contribution in [3.8, 4) is 0 Å². The number of nitrogens with zero attached hydrogens (tertiary/aromatic N) is 2. The summed E-state index contributed by atoms with van der Waals surface area (Å²) >= 11 is 6.17. The number of ketones is 1. The lowest BCUT2D eigenvalue weighted by atomic mass is 9.79. The first-order valence-corrected chi connectivity index (χ1v) is 11.7. The van der Waals surface area contributed by atoms with E-state index in [9.17, 15) is 9.59 Å². The van der Waals surface area contributed by atoms with Gasteiger partial charge in [-0.3, -0.25) is 19.3 Å². The van der Waals surface area contributed by atoms with Crippen molar-refractivity contribution in [2.24, 2.45) is 5.92 Å². The fraction of sp³-hybridized carbons (Fsp3) is 0.600. The van der Waals surface area contributed by atoms with Gasteiger partial charge in [0.05, 0.1) is 13.7 Å². The van der Waals surface area contributed by atoms with Gasteiger partial charge in [-0.05, 0) is 81.2 Å². The number of halogens is 1. The summed E-state index contributed by atoms with van der Waals surface area (Å²) in [5.41, 5.74) is 2.66. The van der Waals surface area contributed by atoms with Crippen molar-refractivity contribution in [3.63, 3.8) is 0 Å². The third kappa shape index (κ3) is 4.79. The number of rotatable bonds is 8.